The Labute approximate surface area is 153 Å². The van der Waals surface area contributed by atoms with Gasteiger partial charge in [0.25, 0.3) is 5.91 Å². The number of amides is 2. The Morgan fingerprint density at radius 3 is 2.54 bits per heavy atom. The summed E-state index contributed by atoms with van der Waals surface area (Å²) in [7, 11) is 2.09. The third kappa shape index (κ3) is 4.15. The Morgan fingerprint density at radius 2 is 1.92 bits per heavy atom. The topological polar surface area (TPSA) is 61.9 Å². The molecule has 142 valence electrons. The number of piperidine rings is 1. The van der Waals surface area contributed by atoms with Gasteiger partial charge in [-0.2, -0.15) is 0 Å². The molecule has 1 N–H and O–H groups in total. The van der Waals surface area contributed by atoms with Gasteiger partial charge in [0.1, 0.15) is 11.6 Å². The average molecular weight is 363 g/mol. The zero-order chi connectivity index (χ0) is 18.7. The van der Waals surface area contributed by atoms with Crippen LogP contribution in [0.5, 0.6) is 5.75 Å². The summed E-state index contributed by atoms with van der Waals surface area (Å²) in [6, 6.07) is 5.84. The maximum atomic E-state index is 12.9. The molecule has 2 aliphatic heterocycles. The van der Waals surface area contributed by atoms with Gasteiger partial charge in [-0.05, 0) is 50.6 Å². The number of hydrogen-bond donors (Lipinski definition) is 1. The molecule has 3 rings (SSSR count). The average Bonchev–Trinajstić information content (AvgIpc) is 2.89. The van der Waals surface area contributed by atoms with Crippen LogP contribution in [0.2, 0.25) is 0 Å². The highest BCUT2D eigenvalue weighted by Gasteiger charge is 2.46. The van der Waals surface area contributed by atoms with Crippen LogP contribution in [0.1, 0.15) is 26.2 Å². The molecule has 26 heavy (non-hydrogen) atoms. The summed E-state index contributed by atoms with van der Waals surface area (Å²) in [5, 5.41) is 3.01. The summed E-state index contributed by atoms with van der Waals surface area (Å²) >= 11 is 0. The van der Waals surface area contributed by atoms with Crippen LogP contribution < -0.4 is 10.1 Å². The van der Waals surface area contributed by atoms with Gasteiger partial charge in [-0.1, -0.05) is 0 Å². The van der Waals surface area contributed by atoms with Crippen molar-refractivity contribution in [2.24, 2.45) is 0 Å². The molecule has 1 aromatic carbocycles. The van der Waals surface area contributed by atoms with E-state index < -0.39 is 0 Å². The maximum Gasteiger partial charge on any atom is 0.260 e. The van der Waals surface area contributed by atoms with Crippen molar-refractivity contribution in [1.29, 1.82) is 0 Å². The number of likely N-dealkylation sites (N-methyl/N-ethyl adjacent to an activating group) is 1. The molecule has 1 aromatic rings. The first-order valence-electron chi connectivity index (χ1n) is 9.02. The summed E-state index contributed by atoms with van der Waals surface area (Å²) in [5.41, 5.74) is 0.0573. The molecular weight excluding hydrogens is 337 g/mol. The molecule has 1 spiro atoms. The molecule has 0 saturated carbocycles. The first kappa shape index (κ1) is 18.6. The van der Waals surface area contributed by atoms with E-state index in [0.717, 1.165) is 25.8 Å². The fourth-order valence-corrected chi connectivity index (χ4v) is 4.11. The van der Waals surface area contributed by atoms with Crippen LogP contribution in [-0.2, 0) is 9.59 Å². The van der Waals surface area contributed by atoms with E-state index in [0.29, 0.717) is 18.8 Å². The normalized spacial score (nSPS) is 22.4. The lowest BCUT2D eigenvalue weighted by atomic mass is 9.84. The molecule has 7 heteroatoms. The molecule has 0 aromatic heterocycles. The zero-order valence-corrected chi connectivity index (χ0v) is 15.3. The van der Waals surface area contributed by atoms with Crippen LogP contribution in [-0.4, -0.2) is 66.5 Å². The summed E-state index contributed by atoms with van der Waals surface area (Å²) in [4.78, 5) is 27.9. The molecule has 0 aliphatic carbocycles. The van der Waals surface area contributed by atoms with Gasteiger partial charge in [-0.25, -0.2) is 4.39 Å². The van der Waals surface area contributed by atoms with Crippen LogP contribution in [0.3, 0.4) is 0 Å². The van der Waals surface area contributed by atoms with E-state index in [9.17, 15) is 14.0 Å². The van der Waals surface area contributed by atoms with E-state index in [2.05, 4.69) is 17.3 Å². The number of nitrogens with zero attached hydrogens (tertiary/aromatic N) is 2. The van der Waals surface area contributed by atoms with Crippen LogP contribution in [0, 0.1) is 5.82 Å². The minimum atomic E-state index is -0.330. The summed E-state index contributed by atoms with van der Waals surface area (Å²) < 4.78 is 18.4. The largest absolute Gasteiger partial charge is 0.484 e. The lowest BCUT2D eigenvalue weighted by molar-refractivity contribution is -0.135. The van der Waals surface area contributed by atoms with E-state index in [1.165, 1.54) is 24.3 Å². The van der Waals surface area contributed by atoms with E-state index in [4.69, 9.17) is 4.74 Å². The third-order valence-corrected chi connectivity index (χ3v) is 5.56. The second-order valence-corrected chi connectivity index (χ2v) is 7.33. The van der Waals surface area contributed by atoms with Crippen molar-refractivity contribution in [3.8, 4) is 5.75 Å². The van der Waals surface area contributed by atoms with Gasteiger partial charge in [0, 0.05) is 38.1 Å². The fraction of sp³-hybridized carbons (Fsp3) is 0.579. The Morgan fingerprint density at radius 1 is 1.27 bits per heavy atom. The van der Waals surface area contributed by atoms with Gasteiger partial charge < -0.3 is 15.0 Å². The highest BCUT2D eigenvalue weighted by Crippen LogP contribution is 2.37. The monoisotopic (exact) mass is 363 g/mol. The number of nitrogens with one attached hydrogen (secondary N) is 1. The minimum absolute atomic E-state index is 0.00556. The van der Waals surface area contributed by atoms with Crippen molar-refractivity contribution in [3.63, 3.8) is 0 Å². The molecule has 2 amide bonds. The number of hydrogen-bond acceptors (Lipinski definition) is 4. The van der Waals surface area contributed by atoms with Gasteiger partial charge in [-0.3, -0.25) is 14.5 Å². The number of rotatable bonds is 4. The fourth-order valence-electron chi connectivity index (χ4n) is 4.11. The van der Waals surface area contributed by atoms with E-state index >= 15 is 0 Å². The third-order valence-electron chi connectivity index (χ3n) is 5.56. The summed E-state index contributed by atoms with van der Waals surface area (Å²) in [6.07, 6.45) is 2.71. The number of carbonyl (C=O) groups excluding carboxylic acids is 2. The summed E-state index contributed by atoms with van der Waals surface area (Å²) in [5.74, 6) is 0.111. The Hall–Kier alpha value is -2.15. The molecule has 0 bridgehead atoms. The van der Waals surface area contributed by atoms with Crippen molar-refractivity contribution in [2.45, 2.75) is 37.8 Å². The maximum absolute atomic E-state index is 12.9. The molecule has 2 saturated heterocycles. The van der Waals surface area contributed by atoms with E-state index in [-0.39, 0.29) is 35.8 Å². The zero-order valence-electron chi connectivity index (χ0n) is 15.3. The van der Waals surface area contributed by atoms with Gasteiger partial charge in [-0.15, -0.1) is 0 Å². The molecular formula is C19H26FN3O3. The molecule has 0 radical (unpaired) electrons. The van der Waals surface area contributed by atoms with Crippen molar-refractivity contribution in [3.05, 3.63) is 30.1 Å². The quantitative estimate of drug-likeness (QED) is 0.879. The van der Waals surface area contributed by atoms with Crippen molar-refractivity contribution < 1.29 is 18.7 Å². The molecule has 1 atom stereocenters. The number of carbonyl (C=O) groups is 2. The number of likely N-dealkylation sites (tertiary alicyclic amines) is 2. The van der Waals surface area contributed by atoms with Crippen LogP contribution in [0.25, 0.3) is 0 Å². The van der Waals surface area contributed by atoms with E-state index in [1.807, 2.05) is 4.90 Å². The molecule has 2 aliphatic rings. The SMILES string of the molecule is CC(=O)N[C@@H]1CN(C)C2(CCN(C(=O)COc3ccc(F)cc3)CC2)C1. The lowest BCUT2D eigenvalue weighted by Crippen LogP contribution is -2.52. The van der Waals surface area contributed by atoms with Crippen molar-refractivity contribution in [1.82, 2.24) is 15.1 Å². The van der Waals surface area contributed by atoms with E-state index in [1.54, 1.807) is 6.92 Å². The standard InChI is InChI=1S/C19H26FN3O3/c1-14(24)21-16-11-19(22(2)12-16)7-9-23(10-8-19)18(25)13-26-17-5-3-15(20)4-6-17/h3-6,16H,7-13H2,1-2H3,(H,21,24)/t16-/m0/s1. The predicted molar refractivity (Wildman–Crippen MR) is 95.3 cm³/mol. The number of ether oxygens (including phenoxy) is 1. The minimum Gasteiger partial charge on any atom is -0.484 e. The Kier molecular flexibility index (Phi) is 5.46. The molecule has 2 heterocycles. The second-order valence-electron chi connectivity index (χ2n) is 7.33. The van der Waals surface area contributed by atoms with Crippen molar-refractivity contribution >= 4 is 11.8 Å². The lowest BCUT2D eigenvalue weighted by Gasteiger charge is -2.43. The molecule has 0 unspecified atom stereocenters. The first-order chi connectivity index (χ1) is 12.4. The number of benzene rings is 1. The Bertz CT molecular complexity index is 656. The van der Waals surface area contributed by atoms with Gasteiger partial charge in [0.2, 0.25) is 5.91 Å². The first-order valence-corrected chi connectivity index (χ1v) is 9.02. The van der Waals surface area contributed by atoms with Crippen molar-refractivity contribution in [2.75, 3.05) is 33.3 Å². The molecule has 2 fully saturated rings. The predicted octanol–water partition coefficient (Wildman–Crippen LogP) is 1.41. The number of halogens is 1. The highest BCUT2D eigenvalue weighted by atomic mass is 19.1. The van der Waals surface area contributed by atoms with Gasteiger partial charge in [0.05, 0.1) is 0 Å². The van der Waals surface area contributed by atoms with Crippen LogP contribution in [0.4, 0.5) is 4.39 Å². The second kappa shape index (κ2) is 7.61. The Balaban J connectivity index is 1.49. The molecule has 6 nitrogen and oxygen atoms in total. The highest BCUT2D eigenvalue weighted by molar-refractivity contribution is 5.78. The van der Waals surface area contributed by atoms with Gasteiger partial charge >= 0.3 is 0 Å². The van der Waals surface area contributed by atoms with Crippen LogP contribution in [0.15, 0.2) is 24.3 Å². The van der Waals surface area contributed by atoms with Crippen LogP contribution >= 0.6 is 0 Å². The van der Waals surface area contributed by atoms with Gasteiger partial charge in [0.15, 0.2) is 6.61 Å². The summed E-state index contributed by atoms with van der Waals surface area (Å²) in [6.45, 7) is 3.73. The smallest absolute Gasteiger partial charge is 0.260 e.